The van der Waals surface area contributed by atoms with Crippen molar-refractivity contribution in [3.8, 4) is 0 Å². The van der Waals surface area contributed by atoms with Crippen LogP contribution in [0.2, 0.25) is 0 Å². The van der Waals surface area contributed by atoms with Crippen molar-refractivity contribution in [2.75, 3.05) is 30.8 Å². The zero-order chi connectivity index (χ0) is 11.8. The zero-order valence-electron chi connectivity index (χ0n) is 10.1. The second-order valence-corrected chi connectivity index (χ2v) is 3.78. The molecule has 0 amide bonds. The lowest BCUT2D eigenvalue weighted by molar-refractivity contribution is 0.141. The van der Waals surface area contributed by atoms with Crippen LogP contribution in [-0.4, -0.2) is 24.7 Å². The summed E-state index contributed by atoms with van der Waals surface area (Å²) in [5.74, 6) is 0.749. The van der Waals surface area contributed by atoms with Crippen molar-refractivity contribution in [1.82, 2.24) is 4.98 Å². The average molecular weight is 223 g/mol. The quantitative estimate of drug-likeness (QED) is 0.696. The Morgan fingerprint density at radius 3 is 2.94 bits per heavy atom. The summed E-state index contributed by atoms with van der Waals surface area (Å²) in [5.41, 5.74) is 7.43. The number of nitrogens with zero attached hydrogens (tertiary/aromatic N) is 1. The van der Waals surface area contributed by atoms with Gasteiger partial charge in [-0.3, -0.25) is 0 Å². The molecule has 4 heteroatoms. The summed E-state index contributed by atoms with van der Waals surface area (Å²) in [4.78, 5) is 4.32. The van der Waals surface area contributed by atoms with Crippen LogP contribution in [-0.2, 0) is 4.74 Å². The molecule has 0 saturated carbocycles. The minimum absolute atomic E-state index is 0.680. The first-order chi connectivity index (χ1) is 7.74. The molecule has 90 valence electrons. The molecule has 0 saturated heterocycles. The van der Waals surface area contributed by atoms with Crippen LogP contribution in [0, 0.1) is 6.92 Å². The summed E-state index contributed by atoms with van der Waals surface area (Å²) < 4.78 is 5.43. The zero-order valence-corrected chi connectivity index (χ0v) is 10.1. The molecule has 1 aromatic rings. The molecule has 16 heavy (non-hydrogen) atoms. The Balaban J connectivity index is 2.23. The smallest absolute Gasteiger partial charge is 0.149 e. The van der Waals surface area contributed by atoms with E-state index in [1.165, 1.54) is 6.42 Å². The second-order valence-electron chi connectivity index (χ2n) is 3.78. The number of nitrogens with one attached hydrogen (secondary N) is 1. The number of aryl methyl sites for hydroxylation is 1. The fourth-order valence-corrected chi connectivity index (χ4v) is 1.30. The van der Waals surface area contributed by atoms with Gasteiger partial charge in [-0.15, -0.1) is 0 Å². The van der Waals surface area contributed by atoms with Gasteiger partial charge in [0.15, 0.2) is 0 Å². The second kappa shape index (κ2) is 7.06. The number of nitrogens with two attached hydrogens (primary N) is 1. The molecular formula is C12H21N3O. The highest BCUT2D eigenvalue weighted by Gasteiger charge is 1.99. The lowest BCUT2D eigenvalue weighted by Crippen LogP contribution is -2.12. The molecule has 0 aliphatic carbocycles. The normalized spacial score (nSPS) is 10.4. The van der Waals surface area contributed by atoms with Gasteiger partial charge >= 0.3 is 0 Å². The number of nitrogen functional groups attached to an aromatic ring is 1. The SMILES string of the molecule is CCCCOCCNc1nc(C)ccc1N. The Labute approximate surface area is 97.2 Å². The van der Waals surface area contributed by atoms with E-state index in [1.807, 2.05) is 19.1 Å². The number of rotatable bonds is 7. The minimum atomic E-state index is 0.680. The topological polar surface area (TPSA) is 60.2 Å². The van der Waals surface area contributed by atoms with E-state index in [0.717, 1.165) is 31.1 Å². The molecule has 0 spiro atoms. The maximum absolute atomic E-state index is 5.79. The van der Waals surface area contributed by atoms with Crippen LogP contribution < -0.4 is 11.1 Å². The lowest BCUT2D eigenvalue weighted by Gasteiger charge is -2.09. The molecule has 0 unspecified atom stereocenters. The molecule has 1 rings (SSSR count). The van der Waals surface area contributed by atoms with Gasteiger partial charge in [0.05, 0.1) is 12.3 Å². The molecule has 0 bridgehead atoms. The highest BCUT2D eigenvalue weighted by atomic mass is 16.5. The predicted molar refractivity (Wildman–Crippen MR) is 67.6 cm³/mol. The highest BCUT2D eigenvalue weighted by Crippen LogP contribution is 2.14. The number of hydrogen-bond acceptors (Lipinski definition) is 4. The summed E-state index contributed by atoms with van der Waals surface area (Å²) in [6, 6.07) is 3.76. The van der Waals surface area contributed by atoms with Crippen molar-refractivity contribution in [3.63, 3.8) is 0 Å². The number of aromatic nitrogens is 1. The summed E-state index contributed by atoms with van der Waals surface area (Å²) in [6.07, 6.45) is 2.28. The first-order valence-corrected chi connectivity index (χ1v) is 5.78. The minimum Gasteiger partial charge on any atom is -0.396 e. The van der Waals surface area contributed by atoms with E-state index in [1.54, 1.807) is 0 Å². The molecule has 0 radical (unpaired) electrons. The Hall–Kier alpha value is -1.29. The molecular weight excluding hydrogens is 202 g/mol. The third-order valence-corrected chi connectivity index (χ3v) is 2.25. The van der Waals surface area contributed by atoms with Crippen LogP contribution in [0.4, 0.5) is 11.5 Å². The number of anilines is 2. The Bertz CT molecular complexity index is 315. The fraction of sp³-hybridized carbons (Fsp3) is 0.583. The molecule has 1 heterocycles. The summed E-state index contributed by atoms with van der Waals surface area (Å²) in [7, 11) is 0. The maximum Gasteiger partial charge on any atom is 0.149 e. The molecule has 3 N–H and O–H groups in total. The van der Waals surface area contributed by atoms with Gasteiger partial charge in [-0.2, -0.15) is 0 Å². The fourth-order valence-electron chi connectivity index (χ4n) is 1.30. The van der Waals surface area contributed by atoms with Crippen molar-refractivity contribution in [1.29, 1.82) is 0 Å². The van der Waals surface area contributed by atoms with E-state index >= 15 is 0 Å². The van der Waals surface area contributed by atoms with Crippen LogP contribution in [0.25, 0.3) is 0 Å². The number of pyridine rings is 1. The van der Waals surface area contributed by atoms with Gasteiger partial charge in [0.1, 0.15) is 5.82 Å². The standard InChI is InChI=1S/C12H21N3O/c1-3-4-8-16-9-7-14-12-11(13)6-5-10(2)15-12/h5-6H,3-4,7-9,13H2,1-2H3,(H,14,15). The number of ether oxygens (including phenoxy) is 1. The van der Waals surface area contributed by atoms with Gasteiger partial charge < -0.3 is 15.8 Å². The first kappa shape index (κ1) is 12.8. The molecule has 0 atom stereocenters. The van der Waals surface area contributed by atoms with Crippen molar-refractivity contribution in [2.45, 2.75) is 26.7 Å². The van der Waals surface area contributed by atoms with Crippen LogP contribution in [0.1, 0.15) is 25.5 Å². The third-order valence-electron chi connectivity index (χ3n) is 2.25. The lowest BCUT2D eigenvalue weighted by atomic mass is 10.3. The van der Waals surface area contributed by atoms with Crippen LogP contribution >= 0.6 is 0 Å². The average Bonchev–Trinajstić information content (AvgIpc) is 2.28. The molecule has 1 aromatic heterocycles. The summed E-state index contributed by atoms with van der Waals surface area (Å²) in [6.45, 7) is 6.36. The van der Waals surface area contributed by atoms with Gasteiger partial charge in [0.25, 0.3) is 0 Å². The molecule has 4 nitrogen and oxygen atoms in total. The van der Waals surface area contributed by atoms with Crippen LogP contribution in [0.15, 0.2) is 12.1 Å². The molecule has 0 aliphatic heterocycles. The molecule has 0 fully saturated rings. The van der Waals surface area contributed by atoms with E-state index in [-0.39, 0.29) is 0 Å². The van der Waals surface area contributed by atoms with E-state index in [0.29, 0.717) is 12.3 Å². The van der Waals surface area contributed by atoms with Crippen molar-refractivity contribution in [2.24, 2.45) is 0 Å². The number of unbranched alkanes of at least 4 members (excludes halogenated alkanes) is 1. The van der Waals surface area contributed by atoms with Crippen molar-refractivity contribution >= 4 is 11.5 Å². The van der Waals surface area contributed by atoms with Crippen LogP contribution in [0.5, 0.6) is 0 Å². The monoisotopic (exact) mass is 223 g/mol. The van der Waals surface area contributed by atoms with Crippen molar-refractivity contribution < 1.29 is 4.74 Å². The Morgan fingerprint density at radius 1 is 1.38 bits per heavy atom. The van der Waals surface area contributed by atoms with E-state index in [4.69, 9.17) is 10.5 Å². The van der Waals surface area contributed by atoms with Gasteiger partial charge in [-0.05, 0) is 25.5 Å². The maximum atomic E-state index is 5.79. The Kier molecular flexibility index (Phi) is 5.64. The summed E-state index contributed by atoms with van der Waals surface area (Å²) in [5, 5.41) is 3.17. The van der Waals surface area contributed by atoms with E-state index in [9.17, 15) is 0 Å². The molecule has 0 aromatic carbocycles. The summed E-state index contributed by atoms with van der Waals surface area (Å²) >= 11 is 0. The third kappa shape index (κ3) is 4.49. The van der Waals surface area contributed by atoms with Gasteiger partial charge in [0.2, 0.25) is 0 Å². The van der Waals surface area contributed by atoms with Gasteiger partial charge in [0, 0.05) is 18.8 Å². The van der Waals surface area contributed by atoms with E-state index in [2.05, 4.69) is 17.2 Å². The largest absolute Gasteiger partial charge is 0.396 e. The first-order valence-electron chi connectivity index (χ1n) is 5.78. The van der Waals surface area contributed by atoms with Gasteiger partial charge in [-0.1, -0.05) is 13.3 Å². The van der Waals surface area contributed by atoms with Crippen LogP contribution in [0.3, 0.4) is 0 Å². The Morgan fingerprint density at radius 2 is 2.19 bits per heavy atom. The predicted octanol–water partition coefficient (Wildman–Crippen LogP) is 2.20. The number of hydrogen-bond donors (Lipinski definition) is 2. The van der Waals surface area contributed by atoms with Crippen molar-refractivity contribution in [3.05, 3.63) is 17.8 Å². The highest BCUT2D eigenvalue weighted by molar-refractivity contribution is 5.61. The van der Waals surface area contributed by atoms with E-state index < -0.39 is 0 Å². The molecule has 0 aliphatic rings. The van der Waals surface area contributed by atoms with Gasteiger partial charge in [-0.25, -0.2) is 4.98 Å².